The third kappa shape index (κ3) is 4.46. The summed E-state index contributed by atoms with van der Waals surface area (Å²) in [5, 5.41) is 9.52. The highest BCUT2D eigenvalue weighted by Gasteiger charge is 2.23. The average Bonchev–Trinajstić information content (AvgIpc) is 3.38. The highest BCUT2D eigenvalue weighted by atomic mass is 32.2. The van der Waals surface area contributed by atoms with Gasteiger partial charge in [0.1, 0.15) is 0 Å². The topological polar surface area (TPSA) is 93.5 Å². The quantitative estimate of drug-likeness (QED) is 0.265. The number of Topliss-reactive ketones (excluding diaryl/α,β-unsaturated/α-hetero) is 2. The molecule has 174 valence electrons. The van der Waals surface area contributed by atoms with Crippen molar-refractivity contribution in [2.75, 3.05) is 5.75 Å². The lowest BCUT2D eigenvalue weighted by Gasteiger charge is -2.16. The summed E-state index contributed by atoms with van der Waals surface area (Å²) in [5.74, 6) is 0.973. The molecular weight excluding hydrogens is 446 g/mol. The summed E-state index contributed by atoms with van der Waals surface area (Å²) >= 11 is 1.33. The Morgan fingerprint density at radius 3 is 2.50 bits per heavy atom. The van der Waals surface area contributed by atoms with Crippen molar-refractivity contribution in [3.8, 4) is 17.1 Å². The van der Waals surface area contributed by atoms with Crippen LogP contribution in [0.4, 0.5) is 0 Å². The zero-order valence-corrected chi connectivity index (χ0v) is 20.7. The van der Waals surface area contributed by atoms with E-state index >= 15 is 0 Å². The number of hydrogen-bond donors (Lipinski definition) is 1. The van der Waals surface area contributed by atoms with Gasteiger partial charge in [-0.3, -0.25) is 19.1 Å². The zero-order chi connectivity index (χ0) is 24.4. The lowest BCUT2D eigenvalue weighted by Crippen LogP contribution is -2.08. The molecule has 0 bridgehead atoms. The standard InChI is InChI=1S/C26H27N5O2S/c1-15(2)20-10-6-7-11-21(20)31-25(19-9-8-12-27-13-19)29-30-26(31)34-14-22(33)24-16(3)23(18(5)32)17(4)28-24/h6-13,15,28H,14H2,1-5H3. The number of nitrogens with one attached hydrogen (secondary N) is 1. The largest absolute Gasteiger partial charge is 0.355 e. The van der Waals surface area contributed by atoms with Crippen LogP contribution >= 0.6 is 11.8 Å². The molecular formula is C26H27N5O2S. The summed E-state index contributed by atoms with van der Waals surface area (Å²) < 4.78 is 2.00. The number of aryl methyl sites for hydroxylation is 1. The van der Waals surface area contributed by atoms with Gasteiger partial charge in [-0.25, -0.2) is 0 Å². The highest BCUT2D eigenvalue weighted by molar-refractivity contribution is 7.99. The number of carbonyl (C=O) groups excluding carboxylic acids is 2. The Labute approximate surface area is 203 Å². The number of aromatic nitrogens is 5. The van der Waals surface area contributed by atoms with Crippen LogP contribution in [0.1, 0.15) is 64.4 Å². The first kappa shape index (κ1) is 23.6. The van der Waals surface area contributed by atoms with Gasteiger partial charge in [-0.05, 0) is 56.0 Å². The van der Waals surface area contributed by atoms with Crippen LogP contribution in [0.5, 0.6) is 0 Å². The minimum absolute atomic E-state index is 0.0518. The first-order valence-corrected chi connectivity index (χ1v) is 12.1. The fourth-order valence-electron chi connectivity index (χ4n) is 4.20. The number of aromatic amines is 1. The number of H-pyrrole nitrogens is 1. The molecule has 0 aliphatic rings. The van der Waals surface area contributed by atoms with Gasteiger partial charge in [0, 0.05) is 29.2 Å². The Balaban J connectivity index is 1.73. The van der Waals surface area contributed by atoms with Crippen LogP contribution in [0, 0.1) is 13.8 Å². The second-order valence-corrected chi connectivity index (χ2v) is 9.43. The molecule has 1 N–H and O–H groups in total. The van der Waals surface area contributed by atoms with Gasteiger partial charge < -0.3 is 4.98 Å². The summed E-state index contributed by atoms with van der Waals surface area (Å²) in [6.07, 6.45) is 3.48. The maximum atomic E-state index is 13.1. The number of hydrogen-bond acceptors (Lipinski definition) is 6. The number of benzene rings is 1. The normalized spacial score (nSPS) is 11.2. The van der Waals surface area contributed by atoms with Crippen molar-refractivity contribution in [1.82, 2.24) is 24.7 Å². The van der Waals surface area contributed by atoms with Crippen LogP contribution in [0.15, 0.2) is 53.9 Å². The Morgan fingerprint density at radius 2 is 1.85 bits per heavy atom. The molecule has 0 saturated carbocycles. The molecule has 0 unspecified atom stereocenters. The Kier molecular flexibility index (Phi) is 6.79. The maximum absolute atomic E-state index is 13.1. The minimum Gasteiger partial charge on any atom is -0.355 e. The molecule has 34 heavy (non-hydrogen) atoms. The van der Waals surface area contributed by atoms with Gasteiger partial charge in [0.25, 0.3) is 0 Å². The third-order valence-electron chi connectivity index (χ3n) is 5.75. The number of rotatable bonds is 8. The van der Waals surface area contributed by atoms with E-state index in [-0.39, 0.29) is 23.2 Å². The fourth-order valence-corrected chi connectivity index (χ4v) is 5.02. The van der Waals surface area contributed by atoms with Crippen LogP contribution in [0.3, 0.4) is 0 Å². The van der Waals surface area contributed by atoms with Crippen LogP contribution in [0.25, 0.3) is 17.1 Å². The molecule has 3 heterocycles. The first-order chi connectivity index (χ1) is 16.3. The smallest absolute Gasteiger partial charge is 0.196 e. The predicted octanol–water partition coefficient (Wildman–Crippen LogP) is 5.58. The number of pyridine rings is 1. The van der Waals surface area contributed by atoms with Crippen molar-refractivity contribution < 1.29 is 9.59 Å². The lowest BCUT2D eigenvalue weighted by molar-refractivity contribution is 0.101. The van der Waals surface area contributed by atoms with Crippen LogP contribution in [-0.2, 0) is 0 Å². The van der Waals surface area contributed by atoms with Crippen LogP contribution in [0.2, 0.25) is 0 Å². The number of nitrogens with zero attached hydrogens (tertiary/aromatic N) is 4. The Bertz CT molecular complexity index is 1360. The molecule has 0 fully saturated rings. The molecule has 0 amide bonds. The predicted molar refractivity (Wildman–Crippen MR) is 134 cm³/mol. The molecule has 8 heteroatoms. The van der Waals surface area contributed by atoms with E-state index in [1.54, 1.807) is 19.3 Å². The third-order valence-corrected chi connectivity index (χ3v) is 6.68. The van der Waals surface area contributed by atoms with Gasteiger partial charge in [-0.2, -0.15) is 0 Å². The van der Waals surface area contributed by atoms with Crippen molar-refractivity contribution in [3.63, 3.8) is 0 Å². The number of carbonyl (C=O) groups is 2. The molecule has 0 atom stereocenters. The lowest BCUT2D eigenvalue weighted by atomic mass is 10.0. The number of ketones is 2. The van der Waals surface area contributed by atoms with Crippen molar-refractivity contribution in [3.05, 3.63) is 76.9 Å². The van der Waals surface area contributed by atoms with Crippen molar-refractivity contribution >= 4 is 23.3 Å². The van der Waals surface area contributed by atoms with E-state index in [1.807, 2.05) is 41.8 Å². The molecule has 0 aliphatic heterocycles. The zero-order valence-electron chi connectivity index (χ0n) is 19.9. The number of para-hydroxylation sites is 1. The molecule has 0 radical (unpaired) electrons. The summed E-state index contributed by atoms with van der Waals surface area (Å²) in [7, 11) is 0. The van der Waals surface area contributed by atoms with Crippen LogP contribution in [-0.4, -0.2) is 42.1 Å². The van der Waals surface area contributed by atoms with Crippen molar-refractivity contribution in [2.45, 2.75) is 45.7 Å². The van der Waals surface area contributed by atoms with E-state index in [4.69, 9.17) is 0 Å². The van der Waals surface area contributed by atoms with E-state index in [0.717, 1.165) is 16.8 Å². The Hall–Kier alpha value is -3.52. The fraction of sp³-hybridized carbons (Fsp3) is 0.269. The van der Waals surface area contributed by atoms with E-state index in [2.05, 4.69) is 40.1 Å². The monoisotopic (exact) mass is 473 g/mol. The second-order valence-electron chi connectivity index (χ2n) is 8.49. The molecule has 0 saturated heterocycles. The summed E-state index contributed by atoms with van der Waals surface area (Å²) in [6.45, 7) is 9.42. The van der Waals surface area contributed by atoms with E-state index < -0.39 is 0 Å². The van der Waals surface area contributed by atoms with Gasteiger partial charge in [0.05, 0.1) is 17.1 Å². The average molecular weight is 474 g/mol. The van der Waals surface area contributed by atoms with E-state index in [1.165, 1.54) is 18.7 Å². The second kappa shape index (κ2) is 9.77. The molecule has 1 aromatic carbocycles. The minimum atomic E-state index is -0.0901. The molecule has 0 aliphatic carbocycles. The molecule has 7 nitrogen and oxygen atoms in total. The van der Waals surface area contributed by atoms with Gasteiger partial charge in [-0.1, -0.05) is 43.8 Å². The number of thioether (sulfide) groups is 1. The summed E-state index contributed by atoms with van der Waals surface area (Å²) in [6, 6.07) is 12.0. The van der Waals surface area contributed by atoms with Crippen LogP contribution < -0.4 is 0 Å². The molecule has 3 aromatic heterocycles. The maximum Gasteiger partial charge on any atom is 0.196 e. The molecule has 4 aromatic rings. The van der Waals surface area contributed by atoms with Gasteiger partial charge in [0.2, 0.25) is 0 Å². The summed E-state index contributed by atoms with van der Waals surface area (Å²) in [4.78, 5) is 32.4. The molecule has 4 rings (SSSR count). The Morgan fingerprint density at radius 1 is 1.09 bits per heavy atom. The van der Waals surface area contributed by atoms with E-state index in [9.17, 15) is 9.59 Å². The van der Waals surface area contributed by atoms with Crippen molar-refractivity contribution in [1.29, 1.82) is 0 Å². The highest BCUT2D eigenvalue weighted by Crippen LogP contribution is 2.32. The van der Waals surface area contributed by atoms with Crippen molar-refractivity contribution in [2.24, 2.45) is 0 Å². The van der Waals surface area contributed by atoms with E-state index in [0.29, 0.717) is 33.5 Å². The summed E-state index contributed by atoms with van der Waals surface area (Å²) in [5.41, 5.74) is 5.43. The molecule has 0 spiro atoms. The van der Waals surface area contributed by atoms with Gasteiger partial charge >= 0.3 is 0 Å². The van der Waals surface area contributed by atoms with Gasteiger partial charge in [-0.15, -0.1) is 10.2 Å². The SMILES string of the molecule is CC(=O)c1c(C)[nH]c(C(=O)CSc2nnc(-c3cccnc3)n2-c2ccccc2C(C)C)c1C. The first-order valence-electron chi connectivity index (χ1n) is 11.1. The van der Waals surface area contributed by atoms with Gasteiger partial charge in [0.15, 0.2) is 22.5 Å².